The first-order valence-corrected chi connectivity index (χ1v) is 2.70. The summed E-state index contributed by atoms with van der Waals surface area (Å²) < 4.78 is 0. The van der Waals surface area contributed by atoms with Crippen molar-refractivity contribution in [2.75, 3.05) is 7.05 Å². The van der Waals surface area contributed by atoms with E-state index in [0.29, 0.717) is 6.04 Å². The molecule has 2 atom stereocenters. The lowest BCUT2D eigenvalue weighted by molar-refractivity contribution is 0.0541. The Morgan fingerprint density at radius 1 is 1.57 bits per heavy atom. The summed E-state index contributed by atoms with van der Waals surface area (Å²) in [5.74, 6) is 0. The van der Waals surface area contributed by atoms with Crippen molar-refractivity contribution in [1.82, 2.24) is 5.32 Å². The van der Waals surface area contributed by atoms with Gasteiger partial charge in [0.15, 0.2) is 0 Å². The van der Waals surface area contributed by atoms with Crippen LogP contribution in [0.15, 0.2) is 0 Å². The van der Waals surface area contributed by atoms with Crippen molar-refractivity contribution in [2.45, 2.75) is 25.0 Å². The zero-order valence-electron chi connectivity index (χ0n) is 4.52. The molecule has 0 bridgehead atoms. The Hall–Kier alpha value is -0.0800. The van der Waals surface area contributed by atoms with E-state index in [0.717, 1.165) is 12.8 Å². The van der Waals surface area contributed by atoms with Crippen LogP contribution in [-0.4, -0.2) is 24.3 Å². The van der Waals surface area contributed by atoms with Crippen molar-refractivity contribution in [3.05, 3.63) is 0 Å². The molecule has 1 saturated carbocycles. The lowest BCUT2D eigenvalue weighted by atomic mass is 9.90. The first-order valence-electron chi connectivity index (χ1n) is 2.70. The van der Waals surface area contributed by atoms with Crippen molar-refractivity contribution in [3.63, 3.8) is 0 Å². The van der Waals surface area contributed by atoms with E-state index in [4.69, 9.17) is 5.11 Å². The highest BCUT2D eigenvalue weighted by atomic mass is 16.3. The van der Waals surface area contributed by atoms with Gasteiger partial charge in [0.05, 0.1) is 6.10 Å². The SMILES string of the molecule is CN[C@H]1CC[C@H]1O. The Labute approximate surface area is 43.5 Å². The third-order valence-electron chi connectivity index (χ3n) is 1.61. The number of aliphatic hydroxyl groups excluding tert-OH is 1. The second-order valence-electron chi connectivity index (χ2n) is 2.04. The van der Waals surface area contributed by atoms with Gasteiger partial charge in [0, 0.05) is 6.04 Å². The maximum absolute atomic E-state index is 8.85. The summed E-state index contributed by atoms with van der Waals surface area (Å²) >= 11 is 0. The molecular weight excluding hydrogens is 90.1 g/mol. The van der Waals surface area contributed by atoms with Crippen molar-refractivity contribution >= 4 is 0 Å². The van der Waals surface area contributed by atoms with Gasteiger partial charge in [-0.2, -0.15) is 0 Å². The Kier molecular flexibility index (Phi) is 1.30. The summed E-state index contributed by atoms with van der Waals surface area (Å²) in [5.41, 5.74) is 0. The van der Waals surface area contributed by atoms with Gasteiger partial charge in [0.2, 0.25) is 0 Å². The summed E-state index contributed by atoms with van der Waals surface area (Å²) in [6.45, 7) is 0. The largest absolute Gasteiger partial charge is 0.392 e. The number of nitrogens with one attached hydrogen (secondary N) is 1. The van der Waals surface area contributed by atoms with Gasteiger partial charge in [-0.25, -0.2) is 0 Å². The highest BCUT2D eigenvalue weighted by Crippen LogP contribution is 2.18. The van der Waals surface area contributed by atoms with Gasteiger partial charge in [-0.15, -0.1) is 0 Å². The maximum Gasteiger partial charge on any atom is 0.0693 e. The summed E-state index contributed by atoms with van der Waals surface area (Å²) in [6, 6.07) is 0.389. The van der Waals surface area contributed by atoms with Gasteiger partial charge in [0.25, 0.3) is 0 Å². The van der Waals surface area contributed by atoms with Crippen molar-refractivity contribution in [1.29, 1.82) is 0 Å². The molecule has 0 radical (unpaired) electrons. The summed E-state index contributed by atoms with van der Waals surface area (Å²) in [7, 11) is 1.88. The van der Waals surface area contributed by atoms with Crippen LogP contribution in [0, 0.1) is 0 Å². The minimum atomic E-state index is -0.0648. The lowest BCUT2D eigenvalue weighted by Gasteiger charge is -2.31. The van der Waals surface area contributed by atoms with Crippen LogP contribution in [0.2, 0.25) is 0 Å². The first kappa shape index (κ1) is 5.06. The van der Waals surface area contributed by atoms with Crippen molar-refractivity contribution < 1.29 is 5.11 Å². The lowest BCUT2D eigenvalue weighted by Crippen LogP contribution is -2.45. The van der Waals surface area contributed by atoms with Gasteiger partial charge >= 0.3 is 0 Å². The highest BCUT2D eigenvalue weighted by Gasteiger charge is 2.26. The Morgan fingerprint density at radius 2 is 2.29 bits per heavy atom. The molecule has 2 nitrogen and oxygen atoms in total. The van der Waals surface area contributed by atoms with Crippen LogP contribution >= 0.6 is 0 Å². The molecule has 0 aromatic rings. The first-order chi connectivity index (χ1) is 3.34. The van der Waals surface area contributed by atoms with Gasteiger partial charge < -0.3 is 10.4 Å². The summed E-state index contributed by atoms with van der Waals surface area (Å²) in [4.78, 5) is 0. The molecule has 0 heterocycles. The second-order valence-corrected chi connectivity index (χ2v) is 2.04. The molecule has 0 aliphatic heterocycles. The number of likely N-dealkylation sites (N-methyl/N-ethyl adjacent to an activating group) is 1. The van der Waals surface area contributed by atoms with Crippen LogP contribution < -0.4 is 5.32 Å². The number of aliphatic hydroxyl groups is 1. The molecule has 1 aliphatic carbocycles. The maximum atomic E-state index is 8.85. The van der Waals surface area contributed by atoms with Crippen LogP contribution in [0.25, 0.3) is 0 Å². The van der Waals surface area contributed by atoms with Crippen LogP contribution in [0.4, 0.5) is 0 Å². The monoisotopic (exact) mass is 101 g/mol. The topological polar surface area (TPSA) is 32.3 Å². The molecular formula is C5H11NO. The third kappa shape index (κ3) is 0.763. The standard InChI is InChI=1S/C5H11NO/c1-6-4-2-3-5(4)7/h4-7H,2-3H2,1H3/t4-,5+/m0/s1. The van der Waals surface area contributed by atoms with E-state index in [2.05, 4.69) is 5.32 Å². The smallest absolute Gasteiger partial charge is 0.0693 e. The van der Waals surface area contributed by atoms with Gasteiger partial charge in [0.1, 0.15) is 0 Å². The van der Waals surface area contributed by atoms with Crippen molar-refractivity contribution in [2.24, 2.45) is 0 Å². The van der Waals surface area contributed by atoms with E-state index in [1.54, 1.807) is 0 Å². The second kappa shape index (κ2) is 1.80. The molecule has 1 rings (SSSR count). The average molecular weight is 101 g/mol. The molecule has 2 N–H and O–H groups in total. The molecule has 1 aliphatic rings. The molecule has 2 heteroatoms. The predicted octanol–water partition coefficient (Wildman–Crippen LogP) is -0.271. The average Bonchev–Trinajstić information content (AvgIpc) is 1.65. The fourth-order valence-corrected chi connectivity index (χ4v) is 0.819. The van der Waals surface area contributed by atoms with Crippen molar-refractivity contribution in [3.8, 4) is 0 Å². The number of hydrogen-bond donors (Lipinski definition) is 2. The molecule has 1 fully saturated rings. The minimum absolute atomic E-state index is 0.0648. The summed E-state index contributed by atoms with van der Waals surface area (Å²) in [5, 5.41) is 11.8. The Bertz CT molecular complexity index is 63.1. The van der Waals surface area contributed by atoms with Gasteiger partial charge in [-0.3, -0.25) is 0 Å². The molecule has 7 heavy (non-hydrogen) atoms. The molecule has 42 valence electrons. The van der Waals surface area contributed by atoms with Crippen LogP contribution in [-0.2, 0) is 0 Å². The predicted molar refractivity (Wildman–Crippen MR) is 28.1 cm³/mol. The molecule has 0 saturated heterocycles. The Morgan fingerprint density at radius 3 is 2.29 bits per heavy atom. The molecule has 0 unspecified atom stereocenters. The molecule has 0 spiro atoms. The number of hydrogen-bond acceptors (Lipinski definition) is 2. The molecule has 0 aromatic heterocycles. The summed E-state index contributed by atoms with van der Waals surface area (Å²) in [6.07, 6.45) is 2.05. The van der Waals surface area contributed by atoms with E-state index in [1.165, 1.54) is 0 Å². The van der Waals surface area contributed by atoms with Crippen LogP contribution in [0.1, 0.15) is 12.8 Å². The minimum Gasteiger partial charge on any atom is -0.392 e. The van der Waals surface area contributed by atoms with Gasteiger partial charge in [-0.05, 0) is 19.9 Å². The van der Waals surface area contributed by atoms with E-state index in [1.807, 2.05) is 7.05 Å². The zero-order chi connectivity index (χ0) is 5.28. The quantitative estimate of drug-likeness (QED) is 0.476. The fraction of sp³-hybridized carbons (Fsp3) is 1.00. The molecule has 0 amide bonds. The Balaban J connectivity index is 2.16. The van der Waals surface area contributed by atoms with Gasteiger partial charge in [-0.1, -0.05) is 0 Å². The molecule has 0 aromatic carbocycles. The fourth-order valence-electron chi connectivity index (χ4n) is 0.819. The zero-order valence-corrected chi connectivity index (χ0v) is 4.52. The van der Waals surface area contributed by atoms with Crippen LogP contribution in [0.3, 0.4) is 0 Å². The number of rotatable bonds is 1. The third-order valence-corrected chi connectivity index (χ3v) is 1.61. The van der Waals surface area contributed by atoms with E-state index < -0.39 is 0 Å². The van der Waals surface area contributed by atoms with E-state index in [9.17, 15) is 0 Å². The van der Waals surface area contributed by atoms with E-state index in [-0.39, 0.29) is 6.10 Å². The van der Waals surface area contributed by atoms with Crippen LogP contribution in [0.5, 0.6) is 0 Å². The van der Waals surface area contributed by atoms with E-state index >= 15 is 0 Å². The normalized spacial score (nSPS) is 40.3. The highest BCUT2D eigenvalue weighted by molar-refractivity contribution is 4.84.